The fraction of sp³-hybridized carbons (Fsp3) is 0.500. The van der Waals surface area contributed by atoms with Crippen LogP contribution in [0.5, 0.6) is 0 Å². The van der Waals surface area contributed by atoms with Crippen LogP contribution in [0.1, 0.15) is 52.3 Å². The van der Waals surface area contributed by atoms with Gasteiger partial charge in [0.25, 0.3) is 0 Å². The Labute approximate surface area is 150 Å². The molecule has 0 saturated heterocycles. The van der Waals surface area contributed by atoms with E-state index in [0.29, 0.717) is 6.42 Å². The molecule has 0 bridgehead atoms. The molecule has 148 valence electrons. The highest BCUT2D eigenvalue weighted by atomic mass is 19.4. The van der Waals surface area contributed by atoms with Crippen LogP contribution in [0, 0.1) is 0 Å². The van der Waals surface area contributed by atoms with Crippen molar-refractivity contribution in [1.82, 2.24) is 10.3 Å². The minimum absolute atomic E-state index is 0. The second-order valence-electron chi connectivity index (χ2n) is 6.27. The Morgan fingerprint density at radius 2 is 1.77 bits per heavy atom. The summed E-state index contributed by atoms with van der Waals surface area (Å²) in [5.74, 6) is -0.421. The standard InChI is InChI=1S/C18H20F6N2.2H2/c1-4-6-14(25-3)10(2)12-9-15(18(22,23)24)26-16-11(12)7-5-8-13(16)17(19,20)21;;/h5,7-10,14,25H,4,6H2,1-3H3;2*1H. The van der Waals surface area contributed by atoms with E-state index < -0.39 is 35.0 Å². The molecule has 2 nitrogen and oxygen atoms in total. The van der Waals surface area contributed by atoms with Crippen LogP contribution in [0.3, 0.4) is 0 Å². The summed E-state index contributed by atoms with van der Waals surface area (Å²) in [6.45, 7) is 3.65. The molecule has 1 heterocycles. The Bertz CT molecular complexity index is 777. The van der Waals surface area contributed by atoms with Crippen LogP contribution in [0.15, 0.2) is 24.3 Å². The van der Waals surface area contributed by atoms with Crippen molar-refractivity contribution >= 4 is 10.9 Å². The fourth-order valence-electron chi connectivity index (χ4n) is 3.20. The van der Waals surface area contributed by atoms with Crippen LogP contribution in [0.25, 0.3) is 10.9 Å². The lowest BCUT2D eigenvalue weighted by atomic mass is 9.87. The topological polar surface area (TPSA) is 24.9 Å². The molecule has 0 saturated carbocycles. The number of aromatic nitrogens is 1. The van der Waals surface area contributed by atoms with E-state index in [9.17, 15) is 26.3 Å². The normalized spacial score (nSPS) is 15.3. The summed E-state index contributed by atoms with van der Waals surface area (Å²) in [4.78, 5) is 3.32. The maximum absolute atomic E-state index is 13.3. The van der Waals surface area contributed by atoms with Crippen molar-refractivity contribution in [3.8, 4) is 0 Å². The van der Waals surface area contributed by atoms with Crippen molar-refractivity contribution < 1.29 is 29.2 Å². The van der Waals surface area contributed by atoms with Gasteiger partial charge in [-0.15, -0.1) is 0 Å². The molecule has 0 aliphatic carbocycles. The fourth-order valence-corrected chi connectivity index (χ4v) is 3.20. The van der Waals surface area contributed by atoms with Crippen molar-refractivity contribution in [3.63, 3.8) is 0 Å². The lowest BCUT2D eigenvalue weighted by molar-refractivity contribution is -0.142. The Hall–Kier alpha value is -1.83. The lowest BCUT2D eigenvalue weighted by Gasteiger charge is -2.26. The summed E-state index contributed by atoms with van der Waals surface area (Å²) in [5.41, 5.74) is -2.93. The summed E-state index contributed by atoms with van der Waals surface area (Å²) in [6, 6.07) is 4.05. The number of benzene rings is 1. The molecule has 2 unspecified atom stereocenters. The van der Waals surface area contributed by atoms with E-state index in [2.05, 4.69) is 10.3 Å². The first-order valence-corrected chi connectivity index (χ1v) is 8.26. The zero-order chi connectivity index (χ0) is 19.7. The summed E-state index contributed by atoms with van der Waals surface area (Å²) >= 11 is 0. The average molecular weight is 382 g/mol. The number of pyridine rings is 1. The van der Waals surface area contributed by atoms with Gasteiger partial charge >= 0.3 is 12.4 Å². The van der Waals surface area contributed by atoms with E-state index in [0.717, 1.165) is 18.6 Å². The van der Waals surface area contributed by atoms with E-state index in [1.807, 2.05) is 6.92 Å². The molecular formula is C18H24F6N2. The monoisotopic (exact) mass is 382 g/mol. The first kappa shape index (κ1) is 20.5. The Morgan fingerprint density at radius 1 is 1.12 bits per heavy atom. The largest absolute Gasteiger partial charge is 0.433 e. The Morgan fingerprint density at radius 3 is 2.27 bits per heavy atom. The molecule has 0 aliphatic rings. The van der Waals surface area contributed by atoms with Crippen LogP contribution < -0.4 is 5.32 Å². The quantitative estimate of drug-likeness (QED) is 0.618. The van der Waals surface area contributed by atoms with Crippen LogP contribution >= 0.6 is 0 Å². The highest BCUT2D eigenvalue weighted by Gasteiger charge is 2.38. The van der Waals surface area contributed by atoms with Gasteiger partial charge in [0, 0.05) is 14.3 Å². The van der Waals surface area contributed by atoms with Crippen molar-refractivity contribution in [2.45, 2.75) is 51.0 Å². The number of nitrogens with zero attached hydrogens (tertiary/aromatic N) is 1. The molecule has 2 aromatic rings. The molecule has 0 spiro atoms. The number of halogens is 6. The van der Waals surface area contributed by atoms with Crippen molar-refractivity contribution in [2.75, 3.05) is 7.05 Å². The molecule has 0 fully saturated rings. The summed E-state index contributed by atoms with van der Waals surface area (Å²) in [5, 5.41) is 3.14. The lowest BCUT2D eigenvalue weighted by Crippen LogP contribution is -2.31. The highest BCUT2D eigenvalue weighted by molar-refractivity contribution is 5.86. The van der Waals surface area contributed by atoms with Crippen LogP contribution in [0.2, 0.25) is 0 Å². The molecule has 1 N–H and O–H groups in total. The first-order chi connectivity index (χ1) is 12.0. The molecule has 2 rings (SSSR count). The number of hydrogen-bond acceptors (Lipinski definition) is 2. The highest BCUT2D eigenvalue weighted by Crippen LogP contribution is 2.40. The van der Waals surface area contributed by atoms with Crippen molar-refractivity contribution in [1.29, 1.82) is 0 Å². The molecule has 8 heteroatoms. The molecule has 0 radical (unpaired) electrons. The van der Waals surface area contributed by atoms with Crippen LogP contribution in [0.4, 0.5) is 26.3 Å². The molecule has 2 atom stereocenters. The zero-order valence-electron chi connectivity index (χ0n) is 14.6. The van der Waals surface area contributed by atoms with Gasteiger partial charge in [-0.05, 0) is 37.1 Å². The minimum Gasteiger partial charge on any atom is -0.316 e. The number of fused-ring (bicyclic) bond motifs is 1. The number of para-hydroxylation sites is 1. The van der Waals surface area contributed by atoms with E-state index in [1.54, 1.807) is 14.0 Å². The predicted octanol–water partition coefficient (Wildman–Crippen LogP) is 6.26. The van der Waals surface area contributed by atoms with Gasteiger partial charge in [0.15, 0.2) is 0 Å². The van der Waals surface area contributed by atoms with Crippen LogP contribution in [-0.2, 0) is 12.4 Å². The molecule has 26 heavy (non-hydrogen) atoms. The van der Waals surface area contributed by atoms with Gasteiger partial charge < -0.3 is 5.32 Å². The first-order valence-electron chi connectivity index (χ1n) is 8.26. The molecule has 1 aromatic heterocycles. The number of alkyl halides is 6. The smallest absolute Gasteiger partial charge is 0.316 e. The van der Waals surface area contributed by atoms with Gasteiger partial charge in [-0.1, -0.05) is 32.4 Å². The molecule has 0 amide bonds. The second kappa shape index (κ2) is 7.42. The van der Waals surface area contributed by atoms with Gasteiger partial charge in [0.1, 0.15) is 5.69 Å². The molecule has 0 aliphatic heterocycles. The predicted molar refractivity (Wildman–Crippen MR) is 92.1 cm³/mol. The number of nitrogens with one attached hydrogen (secondary N) is 1. The summed E-state index contributed by atoms with van der Waals surface area (Å²) in [6.07, 6.45) is -8.15. The Balaban J connectivity index is 0.00000364. The van der Waals surface area contributed by atoms with E-state index in [-0.39, 0.29) is 19.8 Å². The van der Waals surface area contributed by atoms with Gasteiger partial charge in [-0.25, -0.2) is 4.98 Å². The summed E-state index contributed by atoms with van der Waals surface area (Å²) < 4.78 is 79.6. The number of likely N-dealkylation sites (N-methyl/N-ethyl adjacent to an activating group) is 1. The van der Waals surface area contributed by atoms with Gasteiger partial charge in [0.05, 0.1) is 11.1 Å². The maximum Gasteiger partial charge on any atom is 0.433 e. The number of rotatable bonds is 5. The Kier molecular flexibility index (Phi) is 5.85. The van der Waals surface area contributed by atoms with Gasteiger partial charge in [-0.3, -0.25) is 0 Å². The van der Waals surface area contributed by atoms with Gasteiger partial charge in [0.2, 0.25) is 0 Å². The third kappa shape index (κ3) is 4.11. The molecular weight excluding hydrogens is 358 g/mol. The van der Waals surface area contributed by atoms with Crippen LogP contribution in [-0.4, -0.2) is 18.1 Å². The van der Waals surface area contributed by atoms with E-state index >= 15 is 0 Å². The van der Waals surface area contributed by atoms with E-state index in [4.69, 9.17) is 0 Å². The molecule has 1 aromatic carbocycles. The minimum atomic E-state index is -4.83. The SMILES string of the molecule is CCCC(NC)C(C)c1cc(C(F)(F)F)nc2c(C(F)(F)F)cccc12.[HH].[HH]. The van der Waals surface area contributed by atoms with Crippen molar-refractivity contribution in [3.05, 3.63) is 41.1 Å². The second-order valence-corrected chi connectivity index (χ2v) is 6.27. The maximum atomic E-state index is 13.3. The third-order valence-corrected chi connectivity index (χ3v) is 4.53. The average Bonchev–Trinajstić information content (AvgIpc) is 2.55. The third-order valence-electron chi connectivity index (χ3n) is 4.53. The summed E-state index contributed by atoms with van der Waals surface area (Å²) in [7, 11) is 1.69. The van der Waals surface area contributed by atoms with Gasteiger partial charge in [-0.2, -0.15) is 26.3 Å². The van der Waals surface area contributed by atoms with E-state index in [1.165, 1.54) is 12.1 Å². The number of hydrogen-bond donors (Lipinski definition) is 1. The van der Waals surface area contributed by atoms with Crippen molar-refractivity contribution in [2.24, 2.45) is 0 Å². The zero-order valence-corrected chi connectivity index (χ0v) is 14.6.